The molecular weight excluding hydrogens is 735 g/mol. The Bertz CT molecular complexity index is 2400. The molecule has 13 nitrogen and oxygen atoms in total. The number of likely N-dealkylation sites (N-methyl/N-ethyl adjacent to an activating group) is 1. The van der Waals surface area contributed by atoms with E-state index in [4.69, 9.17) is 23.3 Å². The van der Waals surface area contributed by atoms with E-state index >= 15 is 0 Å². The van der Waals surface area contributed by atoms with Crippen LogP contribution in [0.3, 0.4) is 0 Å². The van der Waals surface area contributed by atoms with Crippen molar-refractivity contribution in [3.63, 3.8) is 0 Å². The Morgan fingerprint density at radius 3 is 2.03 bits per heavy atom. The molecule has 0 saturated carbocycles. The van der Waals surface area contributed by atoms with Crippen molar-refractivity contribution < 1.29 is 28.4 Å². The summed E-state index contributed by atoms with van der Waals surface area (Å²) >= 11 is 0. The van der Waals surface area contributed by atoms with Gasteiger partial charge in [0.1, 0.15) is 23.6 Å². The third-order valence-electron chi connectivity index (χ3n) is 9.63. The van der Waals surface area contributed by atoms with Gasteiger partial charge in [0.15, 0.2) is 0 Å². The third-order valence-corrected chi connectivity index (χ3v) is 9.63. The molecule has 0 spiro atoms. The zero-order valence-electron chi connectivity index (χ0n) is 33.4. The maximum atomic E-state index is 10.1. The monoisotopic (exact) mass is 781 g/mol. The zero-order chi connectivity index (χ0) is 41.0. The molecule has 1 atom stereocenters. The van der Waals surface area contributed by atoms with Gasteiger partial charge in [0.2, 0.25) is 11.6 Å². The largest absolute Gasteiger partial charge is 0.492 e. The summed E-state index contributed by atoms with van der Waals surface area (Å²) in [5, 5.41) is 40.0. The van der Waals surface area contributed by atoms with E-state index in [2.05, 4.69) is 43.8 Å². The zero-order valence-corrected chi connectivity index (χ0v) is 33.4. The Balaban J connectivity index is 0.000000172. The van der Waals surface area contributed by atoms with Crippen LogP contribution >= 0.6 is 0 Å². The van der Waals surface area contributed by atoms with Crippen LogP contribution < -0.4 is 14.8 Å². The van der Waals surface area contributed by atoms with Gasteiger partial charge >= 0.3 is 0 Å². The molecule has 8 rings (SSSR count). The van der Waals surface area contributed by atoms with Crippen LogP contribution in [0.1, 0.15) is 73.1 Å². The average Bonchev–Trinajstić information content (AvgIpc) is 4.09. The normalized spacial score (nSPS) is 13.6. The van der Waals surface area contributed by atoms with Crippen LogP contribution in [0.2, 0.25) is 0 Å². The first kappa shape index (κ1) is 41.3. The second kappa shape index (κ2) is 19.7. The standard InChI is InChI=1S/C21H19N3O2.C20H17N3O3.C4H11NO/c1-13(2)25-19-10-9-15(11-16(19)12-22)21-23-20(24-26-21)18-8-4-6-14-5-3-7-17(14)18;1-2-25-18-9-6-12(10-13(18)11-21)20-22-19(23-26-20)16-5-3-4-15-14(16)7-8-17(15)24;1-5-3-4-6-2/h4,6,8-11,13H,3,5,7H2,1-2H3;3-6,9-10,17,24H,2,7-8H2,1H3;5H,3-4H2,1-2H3. The number of ether oxygens (including phenoxy) is 3. The van der Waals surface area contributed by atoms with Crippen molar-refractivity contribution in [3.05, 3.63) is 106 Å². The first-order valence-electron chi connectivity index (χ1n) is 19.4. The number of nitrogens with one attached hydrogen (secondary N) is 1. The molecule has 2 aromatic heterocycles. The highest BCUT2D eigenvalue weighted by Gasteiger charge is 2.25. The third kappa shape index (κ3) is 9.59. The molecule has 0 saturated heterocycles. The molecule has 0 fully saturated rings. The van der Waals surface area contributed by atoms with Gasteiger partial charge in [0.05, 0.1) is 36.5 Å². The lowest BCUT2D eigenvalue weighted by Gasteiger charge is -2.11. The Hall–Kier alpha value is -6.38. The van der Waals surface area contributed by atoms with Crippen LogP contribution in [0.4, 0.5) is 0 Å². The molecule has 6 aromatic rings. The lowest BCUT2D eigenvalue weighted by atomic mass is 10.0. The van der Waals surface area contributed by atoms with Crippen molar-refractivity contribution in [1.29, 1.82) is 10.5 Å². The summed E-state index contributed by atoms with van der Waals surface area (Å²) in [6.07, 6.45) is 4.40. The molecule has 2 heterocycles. The number of methoxy groups -OCH3 is 1. The number of rotatable bonds is 11. The molecule has 2 aliphatic carbocycles. The highest BCUT2D eigenvalue weighted by molar-refractivity contribution is 5.68. The fourth-order valence-electron chi connectivity index (χ4n) is 6.91. The van der Waals surface area contributed by atoms with Gasteiger partial charge in [-0.2, -0.15) is 20.5 Å². The first-order valence-corrected chi connectivity index (χ1v) is 19.4. The summed E-state index contributed by atoms with van der Waals surface area (Å²) in [5.41, 5.74) is 8.85. The van der Waals surface area contributed by atoms with E-state index in [9.17, 15) is 15.6 Å². The van der Waals surface area contributed by atoms with Crippen LogP contribution in [0.25, 0.3) is 45.7 Å². The summed E-state index contributed by atoms with van der Waals surface area (Å²) in [5.74, 6) is 2.93. The van der Waals surface area contributed by atoms with Gasteiger partial charge in [-0.3, -0.25) is 0 Å². The molecule has 2 N–H and O–H groups in total. The molecule has 58 heavy (non-hydrogen) atoms. The van der Waals surface area contributed by atoms with Crippen LogP contribution in [0, 0.1) is 22.7 Å². The van der Waals surface area contributed by atoms with E-state index < -0.39 is 6.10 Å². The van der Waals surface area contributed by atoms with Crippen molar-refractivity contribution in [2.75, 3.05) is 33.9 Å². The van der Waals surface area contributed by atoms with Crippen LogP contribution in [0.15, 0.2) is 81.8 Å². The van der Waals surface area contributed by atoms with Gasteiger partial charge in [-0.05, 0) is 119 Å². The molecule has 0 amide bonds. The maximum Gasteiger partial charge on any atom is 0.258 e. The fourth-order valence-corrected chi connectivity index (χ4v) is 6.91. The second-order valence-electron chi connectivity index (χ2n) is 13.9. The van der Waals surface area contributed by atoms with Crippen molar-refractivity contribution in [3.8, 4) is 69.3 Å². The highest BCUT2D eigenvalue weighted by atomic mass is 16.5. The summed E-state index contributed by atoms with van der Waals surface area (Å²) in [6.45, 7) is 7.96. The number of hydrogen-bond donors (Lipinski definition) is 2. The SMILES string of the molecule is CC(C)Oc1ccc(-c2nc(-c3cccc4c3CCC4)no2)cc1C#N.CCOc1ccc(-c2nc(-c3cccc4c3CCC4O)no2)cc1C#N.CNCCOC. The number of fused-ring (bicyclic) bond motifs is 2. The number of aromatic nitrogens is 4. The molecule has 0 aliphatic heterocycles. The minimum atomic E-state index is -0.430. The molecule has 0 bridgehead atoms. The predicted molar refractivity (Wildman–Crippen MR) is 218 cm³/mol. The Morgan fingerprint density at radius 1 is 0.828 bits per heavy atom. The summed E-state index contributed by atoms with van der Waals surface area (Å²) in [6, 6.07) is 26.9. The smallest absolute Gasteiger partial charge is 0.258 e. The highest BCUT2D eigenvalue weighted by Crippen LogP contribution is 2.38. The number of aliphatic hydroxyl groups is 1. The number of aryl methyl sites for hydroxylation is 1. The first-order chi connectivity index (χ1) is 28.3. The van der Waals surface area contributed by atoms with Gasteiger partial charge in [0.25, 0.3) is 11.8 Å². The second-order valence-corrected chi connectivity index (χ2v) is 13.9. The number of benzene rings is 4. The summed E-state index contributed by atoms with van der Waals surface area (Å²) in [4.78, 5) is 9.06. The van der Waals surface area contributed by atoms with E-state index in [1.54, 1.807) is 37.4 Å². The predicted octanol–water partition coefficient (Wildman–Crippen LogP) is 8.06. The lowest BCUT2D eigenvalue weighted by molar-refractivity contribution is 0.180. The van der Waals surface area contributed by atoms with E-state index in [0.717, 1.165) is 54.7 Å². The van der Waals surface area contributed by atoms with Crippen LogP contribution in [-0.2, 0) is 24.0 Å². The number of aliphatic hydroxyl groups excluding tert-OH is 1. The fraction of sp³-hybridized carbons (Fsp3) is 0.333. The van der Waals surface area contributed by atoms with Crippen molar-refractivity contribution in [2.24, 2.45) is 0 Å². The van der Waals surface area contributed by atoms with Crippen molar-refractivity contribution in [1.82, 2.24) is 25.6 Å². The number of hydrogen-bond acceptors (Lipinski definition) is 13. The minimum Gasteiger partial charge on any atom is -0.492 e. The van der Waals surface area contributed by atoms with E-state index in [-0.39, 0.29) is 6.10 Å². The quantitative estimate of drug-likeness (QED) is 0.120. The van der Waals surface area contributed by atoms with E-state index in [0.29, 0.717) is 70.2 Å². The topological polar surface area (TPSA) is 185 Å². The molecule has 0 radical (unpaired) electrons. The van der Waals surface area contributed by atoms with Gasteiger partial charge < -0.3 is 33.7 Å². The Labute approximate surface area is 338 Å². The van der Waals surface area contributed by atoms with Gasteiger partial charge in [-0.25, -0.2) is 0 Å². The average molecular weight is 782 g/mol. The molecule has 4 aromatic carbocycles. The van der Waals surface area contributed by atoms with Crippen LogP contribution in [-0.4, -0.2) is 65.4 Å². The Kier molecular flexibility index (Phi) is 14.0. The Morgan fingerprint density at radius 2 is 1.45 bits per heavy atom. The van der Waals surface area contributed by atoms with Gasteiger partial charge in [-0.15, -0.1) is 0 Å². The summed E-state index contributed by atoms with van der Waals surface area (Å²) < 4.78 is 26.7. The number of nitriles is 2. The van der Waals surface area contributed by atoms with E-state index in [1.165, 1.54) is 17.5 Å². The maximum absolute atomic E-state index is 10.1. The molecule has 2 aliphatic rings. The number of nitrogens with zero attached hydrogens (tertiary/aromatic N) is 6. The summed E-state index contributed by atoms with van der Waals surface area (Å²) in [7, 11) is 3.59. The lowest BCUT2D eigenvalue weighted by Crippen LogP contribution is -2.12. The van der Waals surface area contributed by atoms with Crippen LogP contribution in [0.5, 0.6) is 11.5 Å². The minimum absolute atomic E-state index is 0.00290. The molecule has 1 unspecified atom stereocenters. The van der Waals surface area contributed by atoms with Crippen molar-refractivity contribution >= 4 is 0 Å². The van der Waals surface area contributed by atoms with Crippen molar-refractivity contribution in [2.45, 2.75) is 65.1 Å². The van der Waals surface area contributed by atoms with Gasteiger partial charge in [-0.1, -0.05) is 46.7 Å². The molecular formula is C45H47N7O6. The molecule has 298 valence electrons. The van der Waals surface area contributed by atoms with E-state index in [1.807, 2.05) is 64.2 Å². The molecule has 13 heteroatoms. The van der Waals surface area contributed by atoms with Gasteiger partial charge in [0, 0.05) is 35.9 Å².